The van der Waals surface area contributed by atoms with Crippen LogP contribution in [0.2, 0.25) is 5.02 Å². The minimum atomic E-state index is -0.154. The molecule has 4 aromatic rings. The Balaban J connectivity index is 1.82. The second-order valence-corrected chi connectivity index (χ2v) is 6.96. The van der Waals surface area contributed by atoms with E-state index in [1.807, 2.05) is 55.5 Å². The third-order valence-electron chi connectivity index (χ3n) is 3.85. The fourth-order valence-corrected chi connectivity index (χ4v) is 3.79. The minimum absolute atomic E-state index is 0.154. The van der Waals surface area contributed by atoms with E-state index in [4.69, 9.17) is 16.3 Å². The van der Waals surface area contributed by atoms with Crippen LogP contribution < -0.4 is 14.8 Å². The summed E-state index contributed by atoms with van der Waals surface area (Å²) in [5, 5.41) is 8.80. The summed E-state index contributed by atoms with van der Waals surface area (Å²) >= 11 is 7.55. The molecule has 0 N–H and O–H groups in total. The molecule has 5 nitrogen and oxygen atoms in total. The van der Waals surface area contributed by atoms with Gasteiger partial charge in [-0.15, -0.1) is 10.2 Å². The number of benzene rings is 2. The molecule has 26 heavy (non-hydrogen) atoms. The van der Waals surface area contributed by atoms with Crippen molar-refractivity contribution in [1.29, 1.82) is 0 Å². The maximum Gasteiger partial charge on any atom is 0.276 e. The highest BCUT2D eigenvalue weighted by molar-refractivity contribution is 7.15. The molecule has 2 heterocycles. The number of nitrogens with zero attached hydrogens (tertiary/aromatic N) is 3. The topological polar surface area (TPSA) is 56.5 Å². The van der Waals surface area contributed by atoms with Crippen molar-refractivity contribution in [2.75, 3.05) is 6.61 Å². The standard InChI is InChI=1S/C19H14ClN3O2S/c1-2-25-13-9-7-12(8-10-13)11-16-18(24)23-17(21-22-19(23)26-16)14-5-3-4-6-15(14)20/h3-11H,2H2,1H3. The lowest BCUT2D eigenvalue weighted by Gasteiger charge is -2.01. The van der Waals surface area contributed by atoms with Crippen LogP contribution in [0.25, 0.3) is 22.4 Å². The minimum Gasteiger partial charge on any atom is -0.494 e. The van der Waals surface area contributed by atoms with Gasteiger partial charge in [0.25, 0.3) is 5.56 Å². The van der Waals surface area contributed by atoms with Gasteiger partial charge in [0.05, 0.1) is 16.2 Å². The first kappa shape index (κ1) is 16.8. The van der Waals surface area contributed by atoms with Gasteiger partial charge < -0.3 is 4.74 Å². The highest BCUT2D eigenvalue weighted by Crippen LogP contribution is 2.25. The van der Waals surface area contributed by atoms with Gasteiger partial charge in [-0.25, -0.2) is 4.40 Å². The second-order valence-electron chi connectivity index (χ2n) is 5.54. The predicted molar refractivity (Wildman–Crippen MR) is 104 cm³/mol. The molecule has 4 rings (SSSR count). The van der Waals surface area contributed by atoms with Gasteiger partial charge in [0.1, 0.15) is 5.75 Å². The summed E-state index contributed by atoms with van der Waals surface area (Å²) in [6.45, 7) is 2.56. The Hall–Kier alpha value is -2.70. The molecule has 0 radical (unpaired) electrons. The van der Waals surface area contributed by atoms with Crippen LogP contribution in [0.1, 0.15) is 12.5 Å². The highest BCUT2D eigenvalue weighted by atomic mass is 35.5. The van der Waals surface area contributed by atoms with Crippen molar-refractivity contribution in [3.05, 3.63) is 74.0 Å². The first-order chi connectivity index (χ1) is 12.7. The largest absolute Gasteiger partial charge is 0.494 e. The smallest absolute Gasteiger partial charge is 0.276 e. The summed E-state index contributed by atoms with van der Waals surface area (Å²) in [6, 6.07) is 14.9. The fourth-order valence-electron chi connectivity index (χ4n) is 2.66. The molecule has 0 aliphatic rings. The summed E-state index contributed by atoms with van der Waals surface area (Å²) in [5.74, 6) is 1.26. The zero-order valence-corrected chi connectivity index (χ0v) is 15.4. The van der Waals surface area contributed by atoms with Gasteiger partial charge in [-0.1, -0.05) is 47.2 Å². The first-order valence-electron chi connectivity index (χ1n) is 8.05. The maximum atomic E-state index is 12.9. The van der Waals surface area contributed by atoms with E-state index >= 15 is 0 Å². The Morgan fingerprint density at radius 2 is 1.92 bits per heavy atom. The van der Waals surface area contributed by atoms with Gasteiger partial charge in [0.15, 0.2) is 5.82 Å². The zero-order valence-electron chi connectivity index (χ0n) is 13.8. The van der Waals surface area contributed by atoms with Crippen molar-refractivity contribution in [3.8, 4) is 17.1 Å². The number of hydrogen-bond acceptors (Lipinski definition) is 5. The van der Waals surface area contributed by atoms with Crippen molar-refractivity contribution in [2.45, 2.75) is 6.92 Å². The first-order valence-corrected chi connectivity index (χ1v) is 9.24. The Labute approximate surface area is 158 Å². The number of halogens is 1. The Morgan fingerprint density at radius 1 is 1.15 bits per heavy atom. The van der Waals surface area contributed by atoms with Crippen LogP contribution in [0.15, 0.2) is 53.3 Å². The van der Waals surface area contributed by atoms with E-state index in [0.717, 1.165) is 11.3 Å². The van der Waals surface area contributed by atoms with Gasteiger partial charge in [0, 0.05) is 5.56 Å². The van der Waals surface area contributed by atoms with E-state index in [1.165, 1.54) is 15.7 Å². The number of aromatic nitrogens is 3. The Bertz CT molecular complexity index is 1180. The van der Waals surface area contributed by atoms with Crippen LogP contribution in [-0.2, 0) is 0 Å². The molecular weight excluding hydrogens is 370 g/mol. The van der Waals surface area contributed by atoms with Gasteiger partial charge in [-0.3, -0.25) is 4.79 Å². The summed E-state index contributed by atoms with van der Waals surface area (Å²) in [5.41, 5.74) is 1.45. The Kier molecular flexibility index (Phi) is 4.44. The van der Waals surface area contributed by atoms with Gasteiger partial charge in [-0.05, 0) is 42.8 Å². The summed E-state index contributed by atoms with van der Waals surface area (Å²) in [7, 11) is 0. The van der Waals surface area contributed by atoms with Crippen LogP contribution in [0.4, 0.5) is 0 Å². The lowest BCUT2D eigenvalue weighted by molar-refractivity contribution is 0.340. The number of ether oxygens (including phenoxy) is 1. The lowest BCUT2D eigenvalue weighted by atomic mass is 10.2. The van der Waals surface area contributed by atoms with Crippen molar-refractivity contribution < 1.29 is 4.74 Å². The van der Waals surface area contributed by atoms with Crippen LogP contribution in [0, 0.1) is 0 Å². The molecule has 0 aliphatic heterocycles. The van der Waals surface area contributed by atoms with Gasteiger partial charge in [0.2, 0.25) is 4.96 Å². The quantitative estimate of drug-likeness (QED) is 0.542. The van der Waals surface area contributed by atoms with Crippen LogP contribution in [0.3, 0.4) is 0 Å². The van der Waals surface area contributed by atoms with E-state index < -0.39 is 0 Å². The number of fused-ring (bicyclic) bond motifs is 1. The molecule has 2 aromatic heterocycles. The predicted octanol–water partition coefficient (Wildman–Crippen LogP) is 3.42. The van der Waals surface area contributed by atoms with Crippen molar-refractivity contribution >= 4 is 34.0 Å². The maximum absolute atomic E-state index is 12.9. The second kappa shape index (κ2) is 6.90. The number of hydrogen-bond donors (Lipinski definition) is 0. The van der Waals surface area contributed by atoms with Crippen molar-refractivity contribution in [3.63, 3.8) is 0 Å². The van der Waals surface area contributed by atoms with Crippen LogP contribution in [0.5, 0.6) is 5.75 Å². The molecule has 0 amide bonds. The number of rotatable bonds is 4. The average Bonchev–Trinajstić information content (AvgIpc) is 3.18. The van der Waals surface area contributed by atoms with Gasteiger partial charge in [-0.2, -0.15) is 0 Å². The molecule has 7 heteroatoms. The van der Waals surface area contributed by atoms with Crippen LogP contribution in [-0.4, -0.2) is 21.2 Å². The summed E-state index contributed by atoms with van der Waals surface area (Å²) in [4.78, 5) is 13.4. The molecule has 130 valence electrons. The summed E-state index contributed by atoms with van der Waals surface area (Å²) in [6.07, 6.45) is 1.84. The third kappa shape index (κ3) is 2.98. The molecule has 0 spiro atoms. The van der Waals surface area contributed by atoms with Crippen molar-refractivity contribution in [1.82, 2.24) is 14.6 Å². The summed E-state index contributed by atoms with van der Waals surface area (Å²) < 4.78 is 7.53. The highest BCUT2D eigenvalue weighted by Gasteiger charge is 2.15. The van der Waals surface area contributed by atoms with Crippen molar-refractivity contribution in [2.24, 2.45) is 0 Å². The molecule has 0 atom stereocenters. The van der Waals surface area contributed by atoms with E-state index in [9.17, 15) is 4.79 Å². The zero-order chi connectivity index (χ0) is 18.1. The third-order valence-corrected chi connectivity index (χ3v) is 5.14. The SMILES string of the molecule is CCOc1ccc(C=c2sc3nnc(-c4ccccc4Cl)n3c2=O)cc1. The van der Waals surface area contributed by atoms with E-state index in [1.54, 1.807) is 6.07 Å². The molecule has 0 saturated carbocycles. The monoisotopic (exact) mass is 383 g/mol. The normalized spacial score (nSPS) is 12.0. The molecule has 0 unspecified atom stereocenters. The van der Waals surface area contributed by atoms with E-state index in [-0.39, 0.29) is 5.56 Å². The number of thiazole rings is 1. The Morgan fingerprint density at radius 3 is 2.65 bits per heavy atom. The molecule has 2 aromatic carbocycles. The molecule has 0 bridgehead atoms. The van der Waals surface area contributed by atoms with Crippen LogP contribution >= 0.6 is 22.9 Å². The molecule has 0 aliphatic carbocycles. The van der Waals surface area contributed by atoms with E-state index in [2.05, 4.69) is 10.2 Å². The van der Waals surface area contributed by atoms with E-state index in [0.29, 0.717) is 32.5 Å². The molecule has 0 fully saturated rings. The molecule has 0 saturated heterocycles. The fraction of sp³-hybridized carbons (Fsp3) is 0.105. The average molecular weight is 384 g/mol. The molecular formula is C19H14ClN3O2S. The lowest BCUT2D eigenvalue weighted by Crippen LogP contribution is -2.23. The van der Waals surface area contributed by atoms with Gasteiger partial charge >= 0.3 is 0 Å².